The number of nitrogens with one attached hydrogen (secondary N) is 2. The van der Waals surface area contributed by atoms with Crippen LogP contribution in [0.4, 0.5) is 13.2 Å². The standard InChI is InChI=1S/C35H33ClF3N7O2/c1-45-30-10-8-22(31(47)18-25-28(5-3-13-40)43-44-34(25)35(38)39)16-29(30)41-32(45)19-46-14-11-21(12-15-46)27-4-2-6-33(42-27)48-20-23-7-9-24(36)17-26(23)37/h2-10,13,16-18,21,35,40,47H,11-12,14-15,19-20H2,1H3,(H,43,44)/b5-3-,31-18+,40-13?. The Kier molecular flexibility index (Phi) is 9.93. The van der Waals surface area contributed by atoms with Crippen LogP contribution < -0.4 is 4.74 Å². The third kappa shape index (κ3) is 7.29. The summed E-state index contributed by atoms with van der Waals surface area (Å²) < 4.78 is 49.2. The molecule has 0 atom stereocenters. The number of hydrogen-bond acceptors (Lipinski definition) is 7. The van der Waals surface area contributed by atoms with Gasteiger partial charge in [-0.1, -0.05) is 23.7 Å². The van der Waals surface area contributed by atoms with Gasteiger partial charge in [0, 0.05) is 52.7 Å². The summed E-state index contributed by atoms with van der Waals surface area (Å²) in [6, 6.07) is 15.5. The number of hydrogen-bond donors (Lipinski definition) is 3. The quantitative estimate of drug-likeness (QED) is 0.0963. The molecule has 4 heterocycles. The minimum Gasteiger partial charge on any atom is -0.507 e. The third-order valence-corrected chi connectivity index (χ3v) is 8.72. The highest BCUT2D eigenvalue weighted by Gasteiger charge is 2.24. The number of piperidine rings is 1. The maximum Gasteiger partial charge on any atom is 0.280 e. The van der Waals surface area contributed by atoms with Gasteiger partial charge < -0.3 is 19.8 Å². The Morgan fingerprint density at radius 3 is 2.71 bits per heavy atom. The molecule has 3 aromatic heterocycles. The number of halogens is 4. The molecule has 0 amide bonds. The number of aliphatic hydroxyl groups is 1. The first kappa shape index (κ1) is 33.0. The summed E-state index contributed by atoms with van der Waals surface area (Å²) in [6.45, 7) is 2.38. The second-order valence-electron chi connectivity index (χ2n) is 11.6. The van der Waals surface area contributed by atoms with Crippen molar-refractivity contribution < 1.29 is 23.0 Å². The predicted molar refractivity (Wildman–Crippen MR) is 180 cm³/mol. The maximum absolute atomic E-state index is 14.2. The minimum absolute atomic E-state index is 0.0496. The molecule has 1 fully saturated rings. The van der Waals surface area contributed by atoms with E-state index >= 15 is 0 Å². The molecule has 1 aliphatic rings. The second kappa shape index (κ2) is 14.4. The fourth-order valence-corrected chi connectivity index (χ4v) is 6.01. The van der Waals surface area contributed by atoms with Gasteiger partial charge in [0.25, 0.3) is 6.43 Å². The number of nitrogens with zero attached hydrogens (tertiary/aromatic N) is 5. The van der Waals surface area contributed by atoms with Crippen molar-refractivity contribution in [1.82, 2.24) is 29.6 Å². The number of fused-ring (bicyclic) bond motifs is 1. The van der Waals surface area contributed by atoms with Gasteiger partial charge in [0.15, 0.2) is 0 Å². The molecule has 0 bridgehead atoms. The predicted octanol–water partition coefficient (Wildman–Crippen LogP) is 8.10. The van der Waals surface area contributed by atoms with Crippen LogP contribution in [0.2, 0.25) is 5.02 Å². The van der Waals surface area contributed by atoms with Crippen LogP contribution in [0.3, 0.4) is 0 Å². The number of aliphatic hydroxyl groups excluding tert-OH is 1. The van der Waals surface area contributed by atoms with E-state index in [1.54, 1.807) is 30.3 Å². The van der Waals surface area contributed by atoms with Crippen molar-refractivity contribution in [2.45, 2.75) is 38.3 Å². The fourth-order valence-electron chi connectivity index (χ4n) is 5.85. The summed E-state index contributed by atoms with van der Waals surface area (Å²) >= 11 is 5.85. The van der Waals surface area contributed by atoms with Crippen LogP contribution in [0.1, 0.15) is 64.8 Å². The van der Waals surface area contributed by atoms with Gasteiger partial charge in [-0.2, -0.15) is 5.10 Å². The smallest absolute Gasteiger partial charge is 0.280 e. The first-order valence-electron chi connectivity index (χ1n) is 15.4. The van der Waals surface area contributed by atoms with Crippen LogP contribution in [0.25, 0.3) is 28.9 Å². The lowest BCUT2D eigenvalue weighted by atomic mass is 9.93. The van der Waals surface area contributed by atoms with Crippen molar-refractivity contribution in [3.8, 4) is 5.88 Å². The molecule has 48 heavy (non-hydrogen) atoms. The summed E-state index contributed by atoms with van der Waals surface area (Å²) in [5.41, 5.74) is 3.15. The molecule has 0 radical (unpaired) electrons. The molecule has 6 rings (SSSR count). The number of ether oxygens (including phenoxy) is 1. The molecule has 248 valence electrons. The summed E-state index contributed by atoms with van der Waals surface area (Å²) in [4.78, 5) is 11.9. The van der Waals surface area contributed by atoms with E-state index in [0.29, 0.717) is 34.1 Å². The first-order valence-corrected chi connectivity index (χ1v) is 15.7. The van der Waals surface area contributed by atoms with Crippen LogP contribution in [0.5, 0.6) is 5.88 Å². The lowest BCUT2D eigenvalue weighted by Gasteiger charge is -2.31. The van der Waals surface area contributed by atoms with Crippen molar-refractivity contribution in [3.05, 3.63) is 111 Å². The van der Waals surface area contributed by atoms with Crippen LogP contribution in [-0.2, 0) is 20.2 Å². The molecule has 0 unspecified atom stereocenters. The SMILES string of the molecule is Cn1c(CN2CCC(c3cccc(OCc4ccc(Cl)cc4F)n3)CC2)nc2cc(/C(O)=C\c3c(/C=C\C=N)n[nH]c3C(F)F)ccc21. The van der Waals surface area contributed by atoms with E-state index in [2.05, 4.69) is 15.1 Å². The van der Waals surface area contributed by atoms with Crippen molar-refractivity contribution in [2.24, 2.45) is 7.05 Å². The summed E-state index contributed by atoms with van der Waals surface area (Å²) in [5.74, 6) is 0.946. The maximum atomic E-state index is 14.2. The molecule has 13 heteroatoms. The molecule has 3 N–H and O–H groups in total. The molecular formula is C35H33ClF3N7O2. The average Bonchev–Trinajstić information content (AvgIpc) is 3.63. The molecule has 1 saturated heterocycles. The zero-order valence-corrected chi connectivity index (χ0v) is 26.8. The van der Waals surface area contributed by atoms with Gasteiger partial charge in [0.2, 0.25) is 5.88 Å². The normalized spacial score (nSPS) is 14.8. The third-order valence-electron chi connectivity index (χ3n) is 8.49. The molecule has 9 nitrogen and oxygen atoms in total. The Hall–Kier alpha value is -4.94. The molecule has 0 spiro atoms. The number of rotatable bonds is 11. The molecule has 0 saturated carbocycles. The fraction of sp³-hybridized carbons (Fsp3) is 0.257. The number of alkyl halides is 2. The highest BCUT2D eigenvalue weighted by Crippen LogP contribution is 2.31. The lowest BCUT2D eigenvalue weighted by molar-refractivity contribution is 0.145. The number of H-pyrrole nitrogens is 1. The van der Waals surface area contributed by atoms with Crippen molar-refractivity contribution in [1.29, 1.82) is 5.41 Å². The van der Waals surface area contributed by atoms with Gasteiger partial charge in [-0.15, -0.1) is 0 Å². The Labute approximate surface area is 279 Å². The Balaban J connectivity index is 1.10. The first-order chi connectivity index (χ1) is 23.2. The summed E-state index contributed by atoms with van der Waals surface area (Å²) in [7, 11) is 1.94. The highest BCUT2D eigenvalue weighted by molar-refractivity contribution is 6.30. The number of imidazole rings is 1. The Morgan fingerprint density at radius 1 is 1.15 bits per heavy atom. The largest absolute Gasteiger partial charge is 0.507 e. The van der Waals surface area contributed by atoms with Crippen LogP contribution in [0, 0.1) is 11.2 Å². The lowest BCUT2D eigenvalue weighted by Crippen LogP contribution is -2.33. The average molecular weight is 676 g/mol. The number of allylic oxidation sites excluding steroid dienone is 1. The van der Waals surface area contributed by atoms with E-state index in [0.717, 1.165) is 49.2 Å². The topological polar surface area (TPSA) is 116 Å². The number of aromatic amines is 1. The summed E-state index contributed by atoms with van der Waals surface area (Å²) in [5, 5.41) is 24.6. The van der Waals surface area contributed by atoms with E-state index < -0.39 is 17.9 Å². The van der Waals surface area contributed by atoms with Crippen molar-refractivity contribution in [3.63, 3.8) is 0 Å². The van der Waals surface area contributed by atoms with E-state index in [1.807, 2.05) is 29.8 Å². The van der Waals surface area contributed by atoms with Crippen molar-refractivity contribution >= 4 is 46.8 Å². The number of likely N-dealkylation sites (tertiary alicyclic amines) is 1. The molecule has 2 aromatic carbocycles. The molecular weight excluding hydrogens is 643 g/mol. The molecule has 5 aromatic rings. The van der Waals surface area contributed by atoms with E-state index in [4.69, 9.17) is 31.7 Å². The van der Waals surface area contributed by atoms with Crippen LogP contribution in [-0.4, -0.2) is 54.0 Å². The van der Waals surface area contributed by atoms with Crippen LogP contribution in [0.15, 0.2) is 60.7 Å². The number of aromatic nitrogens is 5. The van der Waals surface area contributed by atoms with E-state index in [-0.39, 0.29) is 29.5 Å². The second-order valence-corrected chi connectivity index (χ2v) is 12.0. The van der Waals surface area contributed by atoms with Gasteiger partial charge in [-0.3, -0.25) is 10.00 Å². The van der Waals surface area contributed by atoms with Gasteiger partial charge in [0.05, 0.1) is 23.3 Å². The zero-order valence-electron chi connectivity index (χ0n) is 26.0. The van der Waals surface area contributed by atoms with Gasteiger partial charge in [-0.25, -0.2) is 23.1 Å². The number of aryl methyl sites for hydroxylation is 1. The van der Waals surface area contributed by atoms with E-state index in [9.17, 15) is 18.3 Å². The Bertz CT molecular complexity index is 2000. The number of pyridine rings is 1. The van der Waals surface area contributed by atoms with Crippen LogP contribution >= 0.6 is 11.6 Å². The monoisotopic (exact) mass is 675 g/mol. The highest BCUT2D eigenvalue weighted by atomic mass is 35.5. The van der Waals surface area contributed by atoms with Gasteiger partial charge >= 0.3 is 0 Å². The van der Waals surface area contributed by atoms with Gasteiger partial charge in [0.1, 0.15) is 29.7 Å². The Morgan fingerprint density at radius 2 is 1.96 bits per heavy atom. The molecule has 0 aliphatic carbocycles. The van der Waals surface area contributed by atoms with Gasteiger partial charge in [-0.05, 0) is 80.6 Å². The number of benzene rings is 2. The summed E-state index contributed by atoms with van der Waals surface area (Å²) in [6.07, 6.45) is 4.03. The minimum atomic E-state index is -2.82. The van der Waals surface area contributed by atoms with E-state index in [1.165, 1.54) is 24.3 Å². The zero-order chi connectivity index (χ0) is 33.8. The van der Waals surface area contributed by atoms with Crippen molar-refractivity contribution in [2.75, 3.05) is 13.1 Å². The molecule has 1 aliphatic heterocycles.